The normalized spacial score (nSPS) is 18.7. The van der Waals surface area contributed by atoms with Gasteiger partial charge in [-0.05, 0) is 6.07 Å². The number of nitrogens with one attached hydrogen (secondary N) is 1. The van der Waals surface area contributed by atoms with Gasteiger partial charge in [0.15, 0.2) is 5.96 Å². The molecule has 2 aliphatic rings. The van der Waals surface area contributed by atoms with Crippen molar-refractivity contribution in [3.8, 4) is 0 Å². The predicted molar refractivity (Wildman–Crippen MR) is 131 cm³/mol. The van der Waals surface area contributed by atoms with Crippen LogP contribution in [0.3, 0.4) is 0 Å². The zero-order valence-corrected chi connectivity index (χ0v) is 20.4. The molecule has 0 amide bonds. The third-order valence-electron chi connectivity index (χ3n) is 5.68. The van der Waals surface area contributed by atoms with Crippen LogP contribution in [0.1, 0.15) is 5.69 Å². The molecule has 0 radical (unpaired) electrons. The van der Waals surface area contributed by atoms with Crippen LogP contribution < -0.4 is 10.2 Å². The Bertz CT molecular complexity index is 773. The van der Waals surface area contributed by atoms with E-state index in [1.165, 1.54) is 0 Å². The highest BCUT2D eigenvalue weighted by atomic mass is 127. The first kappa shape index (κ1) is 23.7. The molecule has 0 spiro atoms. The maximum Gasteiger partial charge on any atom is 0.225 e. The summed E-state index contributed by atoms with van der Waals surface area (Å²) in [7, 11) is 1.86. The molecule has 11 heteroatoms. The molecular weight excluding hydrogens is 509 g/mol. The first-order chi connectivity index (χ1) is 14.8. The number of rotatable bonds is 6. The highest BCUT2D eigenvalue weighted by Crippen LogP contribution is 2.10. The highest BCUT2D eigenvalue weighted by molar-refractivity contribution is 14.0. The Labute approximate surface area is 200 Å². The lowest BCUT2D eigenvalue weighted by Crippen LogP contribution is -2.53. The number of piperazine rings is 2. The Balaban J connectivity index is 0.00000272. The molecule has 170 valence electrons. The number of hydrogen-bond donors (Lipinski definition) is 1. The van der Waals surface area contributed by atoms with E-state index in [2.05, 4.69) is 45.0 Å². The first-order valence-electron chi connectivity index (χ1n) is 10.6. The van der Waals surface area contributed by atoms with Crippen LogP contribution >= 0.6 is 24.0 Å². The second-order valence-corrected chi connectivity index (χ2v) is 7.61. The van der Waals surface area contributed by atoms with Gasteiger partial charge in [-0.25, -0.2) is 9.97 Å². The Morgan fingerprint density at radius 3 is 2.39 bits per heavy atom. The van der Waals surface area contributed by atoms with Gasteiger partial charge in [-0.3, -0.25) is 14.8 Å². The zero-order chi connectivity index (χ0) is 20.6. The number of anilines is 1. The molecule has 4 rings (SSSR count). The molecule has 31 heavy (non-hydrogen) atoms. The number of aromatic nitrogens is 3. The van der Waals surface area contributed by atoms with Crippen LogP contribution in [0, 0.1) is 0 Å². The Hall–Kier alpha value is -1.99. The summed E-state index contributed by atoms with van der Waals surface area (Å²) in [6.45, 7) is 10.7. The lowest BCUT2D eigenvalue weighted by Gasteiger charge is -2.37. The van der Waals surface area contributed by atoms with Crippen LogP contribution in [-0.2, 0) is 6.54 Å². The molecule has 0 bridgehead atoms. The lowest BCUT2D eigenvalue weighted by atomic mass is 10.3. The summed E-state index contributed by atoms with van der Waals surface area (Å²) < 4.78 is 4.93. The topological polar surface area (TPSA) is 89.2 Å². The van der Waals surface area contributed by atoms with Gasteiger partial charge < -0.3 is 19.6 Å². The van der Waals surface area contributed by atoms with Crippen molar-refractivity contribution in [1.29, 1.82) is 0 Å². The maximum atomic E-state index is 4.93. The average Bonchev–Trinajstić information content (AvgIpc) is 3.32. The van der Waals surface area contributed by atoms with Crippen molar-refractivity contribution >= 4 is 35.9 Å². The van der Waals surface area contributed by atoms with Gasteiger partial charge in [-0.15, -0.1) is 24.0 Å². The van der Waals surface area contributed by atoms with Gasteiger partial charge in [-0.1, -0.05) is 5.16 Å². The first-order valence-corrected chi connectivity index (χ1v) is 10.6. The lowest BCUT2D eigenvalue weighted by molar-refractivity contribution is 0.168. The zero-order valence-electron chi connectivity index (χ0n) is 18.1. The molecule has 4 heterocycles. The maximum absolute atomic E-state index is 4.93. The highest BCUT2D eigenvalue weighted by Gasteiger charge is 2.21. The van der Waals surface area contributed by atoms with E-state index in [9.17, 15) is 0 Å². The molecule has 1 N–H and O–H groups in total. The SMILES string of the molecule is CN=C(NCCN1CCN(c2ncccn2)CC1)N1CCN(Cc2ccon2)CC1.I. The van der Waals surface area contributed by atoms with Gasteiger partial charge in [0.05, 0.1) is 5.69 Å². The Kier molecular flexibility index (Phi) is 9.28. The third kappa shape index (κ3) is 6.74. The molecular formula is C20H32IN9O. The second-order valence-electron chi connectivity index (χ2n) is 7.61. The van der Waals surface area contributed by atoms with Crippen molar-refractivity contribution < 1.29 is 4.52 Å². The van der Waals surface area contributed by atoms with Crippen LogP contribution in [0.2, 0.25) is 0 Å². The number of guanidine groups is 1. The number of halogens is 1. The molecule has 2 aromatic heterocycles. The quantitative estimate of drug-likeness (QED) is 0.321. The standard InChI is InChI=1S/C20H31N9O.HI/c1-21-19(28-14-10-27(11-15-28)17-18-3-16-30-25-18)24-6-7-26-8-12-29(13-9-26)20-22-4-2-5-23-20;/h2-5,16H,6-15,17H2,1H3,(H,21,24);1H. The smallest absolute Gasteiger partial charge is 0.225 e. The second kappa shape index (κ2) is 12.2. The molecule has 0 atom stereocenters. The number of hydrogen-bond acceptors (Lipinski definition) is 8. The summed E-state index contributed by atoms with van der Waals surface area (Å²) in [5.41, 5.74) is 0.991. The predicted octanol–water partition coefficient (Wildman–Crippen LogP) is 0.598. The molecule has 2 saturated heterocycles. The van der Waals surface area contributed by atoms with E-state index in [-0.39, 0.29) is 24.0 Å². The summed E-state index contributed by atoms with van der Waals surface area (Å²) >= 11 is 0. The Morgan fingerprint density at radius 1 is 1.03 bits per heavy atom. The van der Waals surface area contributed by atoms with E-state index in [0.29, 0.717) is 0 Å². The van der Waals surface area contributed by atoms with Crippen molar-refractivity contribution in [2.45, 2.75) is 6.54 Å². The van der Waals surface area contributed by atoms with Crippen molar-refractivity contribution in [1.82, 2.24) is 35.1 Å². The van der Waals surface area contributed by atoms with E-state index >= 15 is 0 Å². The molecule has 0 unspecified atom stereocenters. The summed E-state index contributed by atoms with van der Waals surface area (Å²) in [4.78, 5) is 22.7. The minimum atomic E-state index is 0. The summed E-state index contributed by atoms with van der Waals surface area (Å²) in [6, 6.07) is 3.79. The van der Waals surface area contributed by atoms with Gasteiger partial charge >= 0.3 is 0 Å². The van der Waals surface area contributed by atoms with Gasteiger partial charge in [0.25, 0.3) is 0 Å². The van der Waals surface area contributed by atoms with Crippen molar-refractivity contribution in [3.63, 3.8) is 0 Å². The summed E-state index contributed by atoms with van der Waals surface area (Å²) in [6.07, 6.45) is 5.24. The minimum absolute atomic E-state index is 0. The van der Waals surface area contributed by atoms with Crippen LogP contribution in [-0.4, -0.2) is 108 Å². The summed E-state index contributed by atoms with van der Waals surface area (Å²) in [5, 5.41) is 7.55. The van der Waals surface area contributed by atoms with Crippen LogP contribution in [0.5, 0.6) is 0 Å². The third-order valence-corrected chi connectivity index (χ3v) is 5.68. The van der Waals surface area contributed by atoms with Crippen LogP contribution in [0.15, 0.2) is 40.3 Å². The number of nitrogens with zero attached hydrogens (tertiary/aromatic N) is 8. The Morgan fingerprint density at radius 2 is 1.74 bits per heavy atom. The van der Waals surface area contributed by atoms with Gasteiger partial charge in [0.1, 0.15) is 6.26 Å². The van der Waals surface area contributed by atoms with Gasteiger partial charge in [0.2, 0.25) is 5.95 Å². The van der Waals surface area contributed by atoms with Crippen molar-refractivity contribution in [2.24, 2.45) is 4.99 Å². The molecule has 2 fully saturated rings. The average molecular weight is 541 g/mol. The fourth-order valence-corrected chi connectivity index (χ4v) is 3.95. The molecule has 0 aliphatic carbocycles. The van der Waals surface area contributed by atoms with Crippen molar-refractivity contribution in [3.05, 3.63) is 36.5 Å². The van der Waals surface area contributed by atoms with Crippen molar-refractivity contribution in [2.75, 3.05) is 77.4 Å². The van der Waals surface area contributed by atoms with E-state index in [4.69, 9.17) is 4.52 Å². The van der Waals surface area contributed by atoms with Crippen LogP contribution in [0.25, 0.3) is 0 Å². The molecule has 2 aliphatic heterocycles. The summed E-state index contributed by atoms with van der Waals surface area (Å²) in [5.74, 6) is 1.82. The fraction of sp³-hybridized carbons (Fsp3) is 0.600. The number of aliphatic imine (C=N–C) groups is 1. The van der Waals surface area contributed by atoms with E-state index < -0.39 is 0 Å². The largest absolute Gasteiger partial charge is 0.364 e. The molecule has 0 aromatic carbocycles. The molecule has 10 nitrogen and oxygen atoms in total. The van der Waals surface area contributed by atoms with E-state index in [0.717, 1.165) is 89.6 Å². The van der Waals surface area contributed by atoms with Crippen LogP contribution in [0.4, 0.5) is 5.95 Å². The van der Waals surface area contributed by atoms with E-state index in [1.54, 1.807) is 18.7 Å². The monoisotopic (exact) mass is 541 g/mol. The molecule has 0 saturated carbocycles. The fourth-order valence-electron chi connectivity index (χ4n) is 3.95. The van der Waals surface area contributed by atoms with Gasteiger partial charge in [0, 0.05) is 97.5 Å². The van der Waals surface area contributed by atoms with Gasteiger partial charge in [-0.2, -0.15) is 0 Å². The molecule has 2 aromatic rings. The van der Waals surface area contributed by atoms with E-state index in [1.807, 2.05) is 19.2 Å². The minimum Gasteiger partial charge on any atom is -0.364 e.